The quantitative estimate of drug-likeness (QED) is 0.407. The number of aliphatic hydroxyl groups excluding tert-OH is 1. The molecule has 0 spiro atoms. The van der Waals surface area contributed by atoms with Crippen LogP contribution < -0.4 is 0 Å². The number of hydrogen-bond donors (Lipinski definition) is 2. The first-order valence-corrected chi connectivity index (χ1v) is 14.0. The van der Waals surface area contributed by atoms with E-state index in [4.69, 9.17) is 9.47 Å². The molecule has 0 aromatic carbocycles. The molecule has 10 unspecified atom stereocenters. The number of ether oxygens (including phenoxy) is 2. The van der Waals surface area contributed by atoms with E-state index in [1.807, 2.05) is 0 Å². The first kappa shape index (κ1) is 27.4. The average molecular weight is 503 g/mol. The molecule has 0 radical (unpaired) electrons. The van der Waals surface area contributed by atoms with Gasteiger partial charge in [0, 0.05) is 18.3 Å². The summed E-state index contributed by atoms with van der Waals surface area (Å²) in [5.41, 5.74) is 0.111. The molecule has 0 aromatic heterocycles. The molecule has 6 heteroatoms. The predicted molar refractivity (Wildman–Crippen MR) is 138 cm³/mol. The first-order valence-electron chi connectivity index (χ1n) is 14.0. The molecule has 36 heavy (non-hydrogen) atoms. The number of carbonyl (C=O) groups is 2. The van der Waals surface area contributed by atoms with Crippen molar-refractivity contribution in [1.82, 2.24) is 0 Å². The topological polar surface area (TPSA) is 93.1 Å². The minimum absolute atomic E-state index is 0.000191. The van der Waals surface area contributed by atoms with Gasteiger partial charge in [-0.3, -0.25) is 4.79 Å². The lowest BCUT2D eigenvalue weighted by atomic mass is 9.53. The third-order valence-electron chi connectivity index (χ3n) is 10.2. The number of fused-ring (bicyclic) bond motifs is 3. The minimum Gasteiger partial charge on any atom is -0.462 e. The van der Waals surface area contributed by atoms with Crippen LogP contribution in [0.15, 0.2) is 23.8 Å². The van der Waals surface area contributed by atoms with Crippen molar-refractivity contribution in [1.29, 1.82) is 0 Å². The number of esters is 2. The molecule has 6 nitrogen and oxygen atoms in total. The van der Waals surface area contributed by atoms with Crippen molar-refractivity contribution in [2.24, 2.45) is 40.9 Å². The Morgan fingerprint density at radius 1 is 1.28 bits per heavy atom. The Morgan fingerprint density at radius 2 is 1.97 bits per heavy atom. The van der Waals surface area contributed by atoms with Gasteiger partial charge in [0.1, 0.15) is 17.8 Å². The van der Waals surface area contributed by atoms with Crippen molar-refractivity contribution in [3.05, 3.63) is 23.8 Å². The zero-order chi connectivity index (χ0) is 26.6. The van der Waals surface area contributed by atoms with Crippen LogP contribution in [0.1, 0.15) is 86.5 Å². The molecule has 1 aliphatic heterocycles. The molecule has 0 bridgehead atoms. The monoisotopic (exact) mass is 502 g/mol. The van der Waals surface area contributed by atoms with Crippen molar-refractivity contribution in [3.63, 3.8) is 0 Å². The molecule has 4 aliphatic rings. The van der Waals surface area contributed by atoms with Crippen molar-refractivity contribution >= 4 is 11.9 Å². The van der Waals surface area contributed by atoms with Gasteiger partial charge in [-0.05, 0) is 80.6 Å². The standard InChI is InChI=1S/C30H46O6/c1-8-9-10-25(31)36-24-15-29(7)14-21-17(4)11-12-22-19(6)35-28(33)27(32)30(22,34)18(5)20(21)13-23(29)26(24)16(2)3/h11,16,19-24,26-27,32,34H,5,8-10,12-15H2,1-4,6-7H3. The van der Waals surface area contributed by atoms with Crippen molar-refractivity contribution in [2.75, 3.05) is 0 Å². The molecule has 3 aliphatic carbocycles. The van der Waals surface area contributed by atoms with Gasteiger partial charge in [-0.1, -0.05) is 52.3 Å². The Morgan fingerprint density at radius 3 is 2.61 bits per heavy atom. The SMILES string of the molecule is C=C1C2CC3C(C(C)C)C(OC(=O)CCCC)CC3(C)CC2C(C)=CCC2C(C)OC(=O)C(O)C12O. The predicted octanol–water partition coefficient (Wildman–Crippen LogP) is 4.97. The van der Waals surface area contributed by atoms with E-state index in [9.17, 15) is 19.8 Å². The van der Waals surface area contributed by atoms with Gasteiger partial charge in [0.05, 0.1) is 0 Å². The van der Waals surface area contributed by atoms with E-state index >= 15 is 0 Å². The highest BCUT2D eigenvalue weighted by molar-refractivity contribution is 5.78. The van der Waals surface area contributed by atoms with Gasteiger partial charge >= 0.3 is 11.9 Å². The normalized spacial score (nSPS) is 44.5. The van der Waals surface area contributed by atoms with Crippen LogP contribution in [0.3, 0.4) is 0 Å². The fourth-order valence-electron chi connectivity index (χ4n) is 8.27. The van der Waals surface area contributed by atoms with Crippen LogP contribution in [0.2, 0.25) is 0 Å². The Kier molecular flexibility index (Phi) is 7.53. The smallest absolute Gasteiger partial charge is 0.338 e. The summed E-state index contributed by atoms with van der Waals surface area (Å²) in [6.45, 7) is 17.2. The molecular formula is C30H46O6. The van der Waals surface area contributed by atoms with Gasteiger partial charge < -0.3 is 19.7 Å². The minimum atomic E-state index is -1.72. The van der Waals surface area contributed by atoms with E-state index in [0.29, 0.717) is 30.3 Å². The van der Waals surface area contributed by atoms with Crippen LogP contribution in [-0.2, 0) is 19.1 Å². The van der Waals surface area contributed by atoms with E-state index < -0.39 is 29.7 Å². The number of allylic oxidation sites excluding steroid dienone is 2. The summed E-state index contributed by atoms with van der Waals surface area (Å²) in [7, 11) is 0. The van der Waals surface area contributed by atoms with E-state index in [1.165, 1.54) is 5.57 Å². The van der Waals surface area contributed by atoms with Gasteiger partial charge in [0.15, 0.2) is 6.10 Å². The fourth-order valence-corrected chi connectivity index (χ4v) is 8.27. The lowest BCUT2D eigenvalue weighted by Crippen LogP contribution is -2.63. The maximum Gasteiger partial charge on any atom is 0.338 e. The van der Waals surface area contributed by atoms with Crippen LogP contribution in [0.5, 0.6) is 0 Å². The molecule has 1 heterocycles. The lowest BCUT2D eigenvalue weighted by Gasteiger charge is -2.54. The Hall–Kier alpha value is -1.66. The van der Waals surface area contributed by atoms with Crippen LogP contribution in [-0.4, -0.2) is 46.1 Å². The average Bonchev–Trinajstić information content (AvgIpc) is 3.09. The number of carbonyl (C=O) groups excluding carboxylic acids is 2. The largest absolute Gasteiger partial charge is 0.462 e. The highest BCUT2D eigenvalue weighted by atomic mass is 16.6. The maximum absolute atomic E-state index is 12.6. The number of hydrogen-bond acceptors (Lipinski definition) is 6. The highest BCUT2D eigenvalue weighted by Gasteiger charge is 2.62. The first-order chi connectivity index (χ1) is 16.8. The summed E-state index contributed by atoms with van der Waals surface area (Å²) in [5.74, 6) is -0.395. The van der Waals surface area contributed by atoms with Crippen molar-refractivity contribution < 1.29 is 29.3 Å². The summed E-state index contributed by atoms with van der Waals surface area (Å²) >= 11 is 0. The summed E-state index contributed by atoms with van der Waals surface area (Å²) in [6, 6.07) is 0. The number of rotatable bonds is 5. The summed E-state index contributed by atoms with van der Waals surface area (Å²) < 4.78 is 11.5. The molecule has 4 rings (SSSR count). The van der Waals surface area contributed by atoms with E-state index in [2.05, 4.69) is 47.3 Å². The number of unbranched alkanes of at least 4 members (excludes halogenated alkanes) is 1. The third-order valence-corrected chi connectivity index (χ3v) is 10.2. The van der Waals surface area contributed by atoms with Crippen LogP contribution in [0.4, 0.5) is 0 Å². The molecular weight excluding hydrogens is 456 g/mol. The summed E-state index contributed by atoms with van der Waals surface area (Å²) in [5, 5.41) is 22.9. The third kappa shape index (κ3) is 4.36. The Balaban J connectivity index is 1.69. The van der Waals surface area contributed by atoms with E-state index in [1.54, 1.807) is 6.92 Å². The van der Waals surface area contributed by atoms with Gasteiger partial charge in [-0.15, -0.1) is 0 Å². The second-order valence-corrected chi connectivity index (χ2v) is 12.8. The zero-order valence-electron chi connectivity index (χ0n) is 23.0. The molecule has 2 saturated carbocycles. The van der Waals surface area contributed by atoms with Crippen molar-refractivity contribution in [2.45, 2.75) is 110 Å². The summed E-state index contributed by atoms with van der Waals surface area (Å²) in [4.78, 5) is 25.1. The Labute approximate surface area is 216 Å². The van der Waals surface area contributed by atoms with E-state index in [-0.39, 0.29) is 35.2 Å². The van der Waals surface area contributed by atoms with Gasteiger partial charge in [-0.2, -0.15) is 0 Å². The van der Waals surface area contributed by atoms with Crippen molar-refractivity contribution in [3.8, 4) is 0 Å². The van der Waals surface area contributed by atoms with Crippen LogP contribution >= 0.6 is 0 Å². The summed E-state index contributed by atoms with van der Waals surface area (Å²) in [6.07, 6.45) is 5.24. The highest BCUT2D eigenvalue weighted by Crippen LogP contribution is 2.63. The van der Waals surface area contributed by atoms with Gasteiger partial charge in [0.25, 0.3) is 0 Å². The molecule has 0 amide bonds. The molecule has 3 fully saturated rings. The second-order valence-electron chi connectivity index (χ2n) is 12.8. The van der Waals surface area contributed by atoms with Crippen LogP contribution in [0.25, 0.3) is 0 Å². The molecule has 202 valence electrons. The van der Waals surface area contributed by atoms with Crippen LogP contribution in [0, 0.1) is 40.9 Å². The lowest BCUT2D eigenvalue weighted by molar-refractivity contribution is -0.209. The number of cyclic esters (lactones) is 1. The maximum atomic E-state index is 12.6. The molecule has 0 aromatic rings. The Bertz CT molecular complexity index is 922. The van der Waals surface area contributed by atoms with Gasteiger partial charge in [-0.25, -0.2) is 4.79 Å². The van der Waals surface area contributed by atoms with E-state index in [0.717, 1.165) is 32.1 Å². The second kappa shape index (κ2) is 9.90. The zero-order valence-corrected chi connectivity index (χ0v) is 23.0. The molecule has 10 atom stereocenters. The molecule has 2 N–H and O–H groups in total. The number of aliphatic hydroxyl groups is 2. The fraction of sp³-hybridized carbons (Fsp3) is 0.800. The van der Waals surface area contributed by atoms with Gasteiger partial charge in [0.2, 0.25) is 0 Å². The molecule has 1 saturated heterocycles.